The molecule has 1 heterocycles. The molecule has 1 N–H and O–H groups in total. The maximum Gasteiger partial charge on any atom is 0.120 e. The fourth-order valence-electron chi connectivity index (χ4n) is 1.50. The zero-order valence-corrected chi connectivity index (χ0v) is 9.14. The molecule has 0 aliphatic heterocycles. The van der Waals surface area contributed by atoms with Crippen LogP contribution < -0.4 is 0 Å². The van der Waals surface area contributed by atoms with Crippen LogP contribution in [0.25, 0.3) is 16.7 Å². The number of fused-ring (bicyclic) bond motifs is 1. The van der Waals surface area contributed by atoms with Crippen LogP contribution >= 0.6 is 11.6 Å². The molecule has 0 aliphatic rings. The van der Waals surface area contributed by atoms with Gasteiger partial charge in [0.1, 0.15) is 5.76 Å². The number of rotatable bonds is 3. The lowest BCUT2D eigenvalue weighted by atomic mass is 10.1. The molecule has 2 aromatic rings. The highest BCUT2D eigenvalue weighted by Gasteiger charge is 2.09. The van der Waals surface area contributed by atoms with Gasteiger partial charge in [0.2, 0.25) is 0 Å². The van der Waals surface area contributed by atoms with Crippen molar-refractivity contribution < 1.29 is 4.74 Å². The molecule has 0 aliphatic carbocycles. The van der Waals surface area contributed by atoms with E-state index in [4.69, 9.17) is 16.3 Å². The smallest absolute Gasteiger partial charge is 0.120 e. The molecule has 3 nitrogen and oxygen atoms in total. The average molecular weight is 223 g/mol. The molecule has 0 atom stereocenters. The first-order chi connectivity index (χ1) is 7.24. The highest BCUT2D eigenvalue weighted by atomic mass is 35.5. The summed E-state index contributed by atoms with van der Waals surface area (Å²) in [6.07, 6.45) is 1.72. The average Bonchev–Trinajstić information content (AvgIpc) is 2.68. The van der Waals surface area contributed by atoms with E-state index in [0.29, 0.717) is 17.4 Å². The van der Waals surface area contributed by atoms with Gasteiger partial charge in [-0.2, -0.15) is 5.10 Å². The second kappa shape index (κ2) is 3.95. The van der Waals surface area contributed by atoms with Crippen molar-refractivity contribution in [3.63, 3.8) is 0 Å². The van der Waals surface area contributed by atoms with Crippen molar-refractivity contribution in [2.24, 2.45) is 0 Å². The minimum absolute atomic E-state index is 0.598. The van der Waals surface area contributed by atoms with E-state index in [2.05, 4.69) is 16.8 Å². The van der Waals surface area contributed by atoms with Crippen molar-refractivity contribution in [2.75, 3.05) is 6.61 Å². The van der Waals surface area contributed by atoms with Gasteiger partial charge in [-0.1, -0.05) is 18.2 Å². The van der Waals surface area contributed by atoms with Gasteiger partial charge in [0, 0.05) is 10.9 Å². The monoisotopic (exact) mass is 222 g/mol. The molecule has 0 fully saturated rings. The maximum atomic E-state index is 6.01. The van der Waals surface area contributed by atoms with E-state index >= 15 is 0 Å². The number of halogens is 1. The van der Waals surface area contributed by atoms with E-state index < -0.39 is 0 Å². The summed E-state index contributed by atoms with van der Waals surface area (Å²) >= 11 is 6.01. The highest BCUT2D eigenvalue weighted by Crippen LogP contribution is 2.28. The largest absolute Gasteiger partial charge is 0.494 e. The normalized spacial score (nSPS) is 10.5. The number of aromatic nitrogens is 2. The van der Waals surface area contributed by atoms with Gasteiger partial charge in [-0.25, -0.2) is 0 Å². The summed E-state index contributed by atoms with van der Waals surface area (Å²) in [5, 5.41) is 8.39. The molecule has 1 aromatic heterocycles. The third-order valence-electron chi connectivity index (χ3n) is 2.18. The van der Waals surface area contributed by atoms with Crippen molar-refractivity contribution in [1.82, 2.24) is 10.2 Å². The van der Waals surface area contributed by atoms with E-state index in [1.54, 1.807) is 6.20 Å². The summed E-state index contributed by atoms with van der Waals surface area (Å²) in [5.41, 5.74) is 1.74. The van der Waals surface area contributed by atoms with Crippen LogP contribution in [0.15, 0.2) is 24.9 Å². The van der Waals surface area contributed by atoms with Gasteiger partial charge in [-0.3, -0.25) is 5.10 Å². The molecule has 0 amide bonds. The van der Waals surface area contributed by atoms with Gasteiger partial charge < -0.3 is 4.74 Å². The molecule has 0 bridgehead atoms. The van der Waals surface area contributed by atoms with E-state index in [1.165, 1.54) is 0 Å². The van der Waals surface area contributed by atoms with Crippen molar-refractivity contribution >= 4 is 28.3 Å². The Hall–Kier alpha value is -1.48. The zero-order valence-electron chi connectivity index (χ0n) is 8.38. The molecule has 0 saturated carbocycles. The number of benzene rings is 1. The Balaban J connectivity index is 2.57. The summed E-state index contributed by atoms with van der Waals surface area (Å²) in [4.78, 5) is 0. The Bertz CT molecular complexity index is 504. The van der Waals surface area contributed by atoms with Crippen molar-refractivity contribution in [3.8, 4) is 0 Å². The van der Waals surface area contributed by atoms with E-state index in [-0.39, 0.29) is 0 Å². The van der Waals surface area contributed by atoms with E-state index in [0.717, 1.165) is 16.5 Å². The number of hydrogen-bond acceptors (Lipinski definition) is 2. The predicted octanol–water partition coefficient (Wildman–Crippen LogP) is 3.22. The lowest BCUT2D eigenvalue weighted by Crippen LogP contribution is -1.90. The quantitative estimate of drug-likeness (QED) is 0.810. The second-order valence-corrected chi connectivity index (χ2v) is 3.52. The Morgan fingerprint density at radius 1 is 1.60 bits per heavy atom. The van der Waals surface area contributed by atoms with Crippen LogP contribution in [-0.2, 0) is 4.74 Å². The highest BCUT2D eigenvalue weighted by molar-refractivity contribution is 6.35. The minimum Gasteiger partial charge on any atom is -0.494 e. The number of aromatic amines is 1. The Morgan fingerprint density at radius 2 is 2.40 bits per heavy atom. The first kappa shape index (κ1) is 10.1. The summed E-state index contributed by atoms with van der Waals surface area (Å²) in [7, 11) is 0. The summed E-state index contributed by atoms with van der Waals surface area (Å²) < 4.78 is 5.37. The van der Waals surface area contributed by atoms with Gasteiger partial charge in [0.05, 0.1) is 23.3 Å². The van der Waals surface area contributed by atoms with Gasteiger partial charge in [0.15, 0.2) is 0 Å². The van der Waals surface area contributed by atoms with Crippen LogP contribution in [0.4, 0.5) is 0 Å². The van der Waals surface area contributed by atoms with Gasteiger partial charge in [-0.05, 0) is 19.1 Å². The molecule has 78 valence electrons. The predicted molar refractivity (Wildman–Crippen MR) is 61.8 cm³/mol. The number of nitrogens with zero attached hydrogens (tertiary/aromatic N) is 1. The molecule has 1 aromatic carbocycles. The SMILES string of the molecule is C=C(OCC)c1ccc(Cl)c2[nH]ncc12. The summed E-state index contributed by atoms with van der Waals surface area (Å²) in [6, 6.07) is 3.69. The fraction of sp³-hybridized carbons (Fsp3) is 0.182. The van der Waals surface area contributed by atoms with Gasteiger partial charge in [-0.15, -0.1) is 0 Å². The number of hydrogen-bond donors (Lipinski definition) is 1. The maximum absolute atomic E-state index is 6.01. The topological polar surface area (TPSA) is 37.9 Å². The fourth-order valence-corrected chi connectivity index (χ4v) is 1.70. The number of nitrogens with one attached hydrogen (secondary N) is 1. The second-order valence-electron chi connectivity index (χ2n) is 3.11. The molecule has 2 rings (SSSR count). The van der Waals surface area contributed by atoms with Crippen molar-refractivity contribution in [1.29, 1.82) is 0 Å². The Labute approximate surface area is 92.7 Å². The number of ether oxygens (including phenoxy) is 1. The molecular formula is C11H11ClN2O. The minimum atomic E-state index is 0.598. The molecular weight excluding hydrogens is 212 g/mol. The third-order valence-corrected chi connectivity index (χ3v) is 2.50. The third kappa shape index (κ3) is 1.70. The molecule has 15 heavy (non-hydrogen) atoms. The molecule has 0 spiro atoms. The van der Waals surface area contributed by atoms with Crippen LogP contribution in [0.2, 0.25) is 5.02 Å². The van der Waals surface area contributed by atoms with Crippen molar-refractivity contribution in [2.45, 2.75) is 6.92 Å². The summed E-state index contributed by atoms with van der Waals surface area (Å²) in [6.45, 7) is 6.39. The standard InChI is InChI=1S/C11H11ClN2O/c1-3-15-7(2)8-4-5-10(12)11-9(8)6-13-14-11/h4-6H,2-3H2,1H3,(H,13,14). The first-order valence-electron chi connectivity index (χ1n) is 4.67. The van der Waals surface area contributed by atoms with Crippen LogP contribution in [0, 0.1) is 0 Å². The Kier molecular flexibility index (Phi) is 2.64. The van der Waals surface area contributed by atoms with E-state index in [9.17, 15) is 0 Å². The van der Waals surface area contributed by atoms with Crippen LogP contribution in [0.1, 0.15) is 12.5 Å². The van der Waals surface area contributed by atoms with Crippen molar-refractivity contribution in [3.05, 3.63) is 35.5 Å². The molecule has 4 heteroatoms. The summed E-state index contributed by atoms with van der Waals surface area (Å²) in [5.74, 6) is 0.639. The van der Waals surface area contributed by atoms with Crippen LogP contribution in [0.3, 0.4) is 0 Å². The van der Waals surface area contributed by atoms with Gasteiger partial charge >= 0.3 is 0 Å². The molecule has 0 saturated heterocycles. The lowest BCUT2D eigenvalue weighted by Gasteiger charge is -2.08. The molecule has 0 unspecified atom stereocenters. The number of H-pyrrole nitrogens is 1. The van der Waals surface area contributed by atoms with Gasteiger partial charge in [0.25, 0.3) is 0 Å². The first-order valence-corrected chi connectivity index (χ1v) is 5.05. The lowest BCUT2D eigenvalue weighted by molar-refractivity contribution is 0.299. The molecule has 0 radical (unpaired) electrons. The van der Waals surface area contributed by atoms with Crippen LogP contribution in [0.5, 0.6) is 0 Å². The zero-order chi connectivity index (χ0) is 10.8. The van der Waals surface area contributed by atoms with E-state index in [1.807, 2.05) is 19.1 Å². The van der Waals surface area contributed by atoms with Crippen LogP contribution in [-0.4, -0.2) is 16.8 Å². The Morgan fingerprint density at radius 3 is 3.13 bits per heavy atom.